The van der Waals surface area contributed by atoms with Crippen molar-refractivity contribution in [1.29, 1.82) is 0 Å². The number of nitrogens with one attached hydrogen (secondary N) is 2. The van der Waals surface area contributed by atoms with Crippen LogP contribution in [-0.2, 0) is 6.54 Å². The lowest BCUT2D eigenvalue weighted by atomic mass is 10.3. The molecule has 1 heterocycles. The smallest absolute Gasteiger partial charge is 0.338 e. The van der Waals surface area contributed by atoms with Gasteiger partial charge in [-0.2, -0.15) is 0 Å². The number of aromatic carboxylic acids is 1. The molecule has 0 saturated carbocycles. The number of amides is 2. The molecule has 3 N–H and O–H groups in total. The maximum atomic E-state index is 10.8. The zero-order valence-electron chi connectivity index (χ0n) is 8.02. The van der Waals surface area contributed by atoms with Crippen molar-refractivity contribution in [2.24, 2.45) is 0 Å². The molecule has 0 fully saturated rings. The molecule has 80 valence electrons. The van der Waals surface area contributed by atoms with Crippen LogP contribution in [0.25, 0.3) is 0 Å². The monoisotopic (exact) mass is 210 g/mol. The van der Waals surface area contributed by atoms with Crippen molar-refractivity contribution in [2.75, 3.05) is 7.05 Å². The molecule has 0 radical (unpaired) electrons. The molecule has 1 rings (SSSR count). The van der Waals surface area contributed by atoms with Crippen LogP contribution in [0, 0.1) is 0 Å². The van der Waals surface area contributed by atoms with E-state index in [2.05, 4.69) is 20.6 Å². The van der Waals surface area contributed by atoms with E-state index < -0.39 is 5.97 Å². The van der Waals surface area contributed by atoms with E-state index in [1.807, 2.05) is 0 Å². The fourth-order valence-electron chi connectivity index (χ4n) is 0.804. The second-order valence-corrected chi connectivity index (χ2v) is 2.63. The first-order valence-corrected chi connectivity index (χ1v) is 4.13. The highest BCUT2D eigenvalue weighted by atomic mass is 16.4. The van der Waals surface area contributed by atoms with Crippen LogP contribution in [-0.4, -0.2) is 34.1 Å². The summed E-state index contributed by atoms with van der Waals surface area (Å²) in [5.74, 6) is -0.732. The molecule has 1 aromatic rings. The van der Waals surface area contributed by atoms with Gasteiger partial charge in [-0.3, -0.25) is 0 Å². The average Bonchev–Trinajstić information content (AvgIpc) is 2.26. The van der Waals surface area contributed by atoms with Crippen molar-refractivity contribution in [1.82, 2.24) is 20.6 Å². The van der Waals surface area contributed by atoms with Crippen LogP contribution in [0.4, 0.5) is 4.79 Å². The lowest BCUT2D eigenvalue weighted by molar-refractivity contribution is 0.0696. The number of carbonyl (C=O) groups excluding carboxylic acids is 1. The summed E-state index contributed by atoms with van der Waals surface area (Å²) in [6, 6.07) is -0.346. The first kappa shape index (κ1) is 10.9. The number of hydrogen-bond acceptors (Lipinski definition) is 4. The molecule has 2 amide bonds. The number of carbonyl (C=O) groups is 2. The van der Waals surface area contributed by atoms with E-state index in [1.54, 1.807) is 0 Å². The van der Waals surface area contributed by atoms with Crippen molar-refractivity contribution >= 4 is 12.0 Å². The molecule has 15 heavy (non-hydrogen) atoms. The van der Waals surface area contributed by atoms with Crippen LogP contribution in [0.3, 0.4) is 0 Å². The quantitative estimate of drug-likeness (QED) is 0.629. The Morgan fingerprint density at radius 1 is 1.40 bits per heavy atom. The molecule has 0 bridgehead atoms. The Hall–Kier alpha value is -2.18. The predicted molar refractivity (Wildman–Crippen MR) is 50.3 cm³/mol. The Balaban J connectivity index is 2.57. The zero-order valence-corrected chi connectivity index (χ0v) is 8.02. The fourth-order valence-corrected chi connectivity index (χ4v) is 0.804. The molecular weight excluding hydrogens is 200 g/mol. The van der Waals surface area contributed by atoms with Crippen LogP contribution in [0.15, 0.2) is 12.4 Å². The number of aromatic nitrogens is 2. The molecule has 0 aromatic carbocycles. The van der Waals surface area contributed by atoms with Gasteiger partial charge in [-0.1, -0.05) is 0 Å². The summed E-state index contributed by atoms with van der Waals surface area (Å²) < 4.78 is 0. The number of hydrogen-bond donors (Lipinski definition) is 3. The van der Waals surface area contributed by atoms with Crippen molar-refractivity contribution < 1.29 is 14.7 Å². The Kier molecular flexibility index (Phi) is 3.55. The summed E-state index contributed by atoms with van der Waals surface area (Å²) in [6.07, 6.45) is 2.38. The molecule has 7 nitrogen and oxygen atoms in total. The Labute approximate surface area is 85.5 Å². The van der Waals surface area contributed by atoms with Crippen molar-refractivity contribution in [3.63, 3.8) is 0 Å². The van der Waals surface area contributed by atoms with E-state index in [9.17, 15) is 9.59 Å². The molecule has 0 aliphatic rings. The molecule has 0 saturated heterocycles. The van der Waals surface area contributed by atoms with Gasteiger partial charge in [-0.15, -0.1) is 0 Å². The second-order valence-electron chi connectivity index (χ2n) is 2.63. The van der Waals surface area contributed by atoms with Gasteiger partial charge in [0.25, 0.3) is 0 Å². The molecule has 0 unspecified atom stereocenters. The van der Waals surface area contributed by atoms with Crippen LogP contribution in [0.2, 0.25) is 0 Å². The van der Waals surface area contributed by atoms with Gasteiger partial charge in [0.15, 0.2) is 0 Å². The average molecular weight is 210 g/mol. The lowest BCUT2D eigenvalue weighted by Crippen LogP contribution is -2.32. The van der Waals surface area contributed by atoms with Gasteiger partial charge in [0.2, 0.25) is 0 Å². The van der Waals surface area contributed by atoms with Crippen LogP contribution in [0.1, 0.15) is 16.2 Å². The Morgan fingerprint density at radius 3 is 2.47 bits per heavy atom. The van der Waals surface area contributed by atoms with Gasteiger partial charge < -0.3 is 15.7 Å². The highest BCUT2D eigenvalue weighted by Gasteiger charge is 2.04. The summed E-state index contributed by atoms with van der Waals surface area (Å²) in [6.45, 7) is 0.152. The summed E-state index contributed by atoms with van der Waals surface area (Å²) in [5, 5.41) is 13.4. The number of carboxylic acids is 1. The second kappa shape index (κ2) is 4.89. The molecule has 0 aliphatic heterocycles. The molecule has 0 spiro atoms. The lowest BCUT2D eigenvalue weighted by Gasteiger charge is -2.02. The van der Waals surface area contributed by atoms with Crippen molar-refractivity contribution in [3.8, 4) is 0 Å². The minimum Gasteiger partial charge on any atom is -0.478 e. The summed E-state index contributed by atoms with van der Waals surface area (Å²) in [5.41, 5.74) is 0.0127. The minimum absolute atomic E-state index is 0.0127. The molecular formula is C8H10N4O3. The van der Waals surface area contributed by atoms with E-state index in [0.717, 1.165) is 0 Å². The van der Waals surface area contributed by atoms with Crippen molar-refractivity contribution in [3.05, 3.63) is 23.8 Å². The van der Waals surface area contributed by atoms with Gasteiger partial charge >= 0.3 is 12.0 Å². The fraction of sp³-hybridized carbons (Fsp3) is 0.250. The predicted octanol–water partition coefficient (Wildman–Crippen LogP) is -0.396. The van der Waals surface area contributed by atoms with Crippen LogP contribution < -0.4 is 10.6 Å². The Bertz CT molecular complexity index is 363. The Morgan fingerprint density at radius 2 is 2.00 bits per heavy atom. The third-order valence-corrected chi connectivity index (χ3v) is 1.59. The van der Waals surface area contributed by atoms with E-state index in [4.69, 9.17) is 5.11 Å². The van der Waals surface area contributed by atoms with E-state index >= 15 is 0 Å². The first-order valence-electron chi connectivity index (χ1n) is 4.13. The number of carboxylic acid groups (broad SMARTS) is 1. The highest BCUT2D eigenvalue weighted by Crippen LogP contribution is 1.95. The highest BCUT2D eigenvalue weighted by molar-refractivity contribution is 5.86. The minimum atomic E-state index is -1.08. The normalized spacial score (nSPS) is 9.40. The number of rotatable bonds is 3. The van der Waals surface area contributed by atoms with Gasteiger partial charge in [0, 0.05) is 19.4 Å². The summed E-state index contributed by atoms with van der Waals surface area (Å²) in [7, 11) is 1.49. The van der Waals surface area contributed by atoms with E-state index in [-0.39, 0.29) is 18.1 Å². The molecule has 0 aliphatic carbocycles. The van der Waals surface area contributed by atoms with Gasteiger partial charge in [0.1, 0.15) is 5.82 Å². The topological polar surface area (TPSA) is 104 Å². The third kappa shape index (κ3) is 3.22. The molecule has 0 atom stereocenters. The van der Waals surface area contributed by atoms with Gasteiger partial charge in [-0.25, -0.2) is 19.6 Å². The summed E-state index contributed by atoms with van der Waals surface area (Å²) in [4.78, 5) is 28.8. The third-order valence-electron chi connectivity index (χ3n) is 1.59. The number of urea groups is 1. The van der Waals surface area contributed by atoms with E-state index in [0.29, 0.717) is 5.82 Å². The molecule has 7 heteroatoms. The largest absolute Gasteiger partial charge is 0.478 e. The molecule has 1 aromatic heterocycles. The SMILES string of the molecule is CNC(=O)NCc1ncc(C(=O)O)cn1. The van der Waals surface area contributed by atoms with Crippen LogP contribution in [0.5, 0.6) is 0 Å². The maximum Gasteiger partial charge on any atom is 0.338 e. The standard InChI is InChI=1S/C8H10N4O3/c1-9-8(15)12-4-6-10-2-5(3-11-6)7(13)14/h2-3H,4H2,1H3,(H,13,14)(H2,9,12,15). The van der Waals surface area contributed by atoms with Crippen LogP contribution >= 0.6 is 0 Å². The zero-order chi connectivity index (χ0) is 11.3. The first-order chi connectivity index (χ1) is 7.13. The van der Waals surface area contributed by atoms with Gasteiger partial charge in [0.05, 0.1) is 12.1 Å². The van der Waals surface area contributed by atoms with E-state index in [1.165, 1.54) is 19.4 Å². The summed E-state index contributed by atoms with van der Waals surface area (Å²) >= 11 is 0. The number of nitrogens with zero attached hydrogens (tertiary/aromatic N) is 2. The van der Waals surface area contributed by atoms with Crippen molar-refractivity contribution in [2.45, 2.75) is 6.54 Å². The maximum absolute atomic E-state index is 10.8. The van der Waals surface area contributed by atoms with Gasteiger partial charge in [-0.05, 0) is 0 Å².